The molecule has 1 aromatic heterocycles. The van der Waals surface area contributed by atoms with Crippen molar-refractivity contribution >= 4 is 24.9 Å². The summed E-state index contributed by atoms with van der Waals surface area (Å²) >= 11 is 0. The number of pyridine rings is 1. The van der Waals surface area contributed by atoms with Crippen LogP contribution in [0.5, 0.6) is 0 Å². The molecule has 1 saturated heterocycles. The molecule has 1 fully saturated rings. The highest BCUT2D eigenvalue weighted by Gasteiger charge is 2.31. The van der Waals surface area contributed by atoms with E-state index in [0.29, 0.717) is 19.6 Å². The van der Waals surface area contributed by atoms with Gasteiger partial charge in [0.15, 0.2) is 0 Å². The number of carbonyl (C=O) groups is 1. The van der Waals surface area contributed by atoms with Crippen molar-refractivity contribution in [3.8, 4) is 0 Å². The van der Waals surface area contributed by atoms with E-state index in [-0.39, 0.29) is 19.6 Å². The van der Waals surface area contributed by atoms with Crippen LogP contribution in [-0.2, 0) is 4.74 Å². The van der Waals surface area contributed by atoms with Crippen molar-refractivity contribution < 1.29 is 14.6 Å². The maximum Gasteiger partial charge on any atom is 0.410 e. The standard InChI is InChI=1S/C15H24BN3O3/c1-11-10-18(13-9-12(16-21)5-6-17-13)7-8-19(11)14(20)22-15(2,3)4/h5-6,9,11,16,21H,7-8,10H2,1-4H3/t11-/m0/s1. The lowest BCUT2D eigenvalue weighted by atomic mass is 9.90. The summed E-state index contributed by atoms with van der Waals surface area (Å²) in [6.45, 7) is 9.61. The lowest BCUT2D eigenvalue weighted by Gasteiger charge is -2.40. The molecular weight excluding hydrogens is 281 g/mol. The van der Waals surface area contributed by atoms with Gasteiger partial charge < -0.3 is 19.6 Å². The number of anilines is 1. The van der Waals surface area contributed by atoms with Crippen molar-refractivity contribution in [2.75, 3.05) is 24.5 Å². The molecule has 1 aliphatic heterocycles. The number of aromatic nitrogens is 1. The van der Waals surface area contributed by atoms with E-state index >= 15 is 0 Å². The van der Waals surface area contributed by atoms with E-state index in [9.17, 15) is 9.82 Å². The van der Waals surface area contributed by atoms with Crippen LogP contribution >= 0.6 is 0 Å². The smallest absolute Gasteiger partial charge is 0.410 e. The van der Waals surface area contributed by atoms with E-state index in [1.54, 1.807) is 17.2 Å². The van der Waals surface area contributed by atoms with E-state index in [0.717, 1.165) is 11.3 Å². The molecule has 0 spiro atoms. The zero-order valence-corrected chi connectivity index (χ0v) is 13.7. The van der Waals surface area contributed by atoms with Gasteiger partial charge in [0.05, 0.1) is 0 Å². The molecule has 7 heteroatoms. The SMILES string of the molecule is C[C@H]1CN(c2cc(BO)ccn2)CCN1C(=O)OC(C)(C)C. The van der Waals surface area contributed by atoms with Crippen LogP contribution < -0.4 is 10.4 Å². The number of amides is 1. The van der Waals surface area contributed by atoms with Crippen LogP contribution in [0.3, 0.4) is 0 Å². The summed E-state index contributed by atoms with van der Waals surface area (Å²) in [6.07, 6.45) is 1.43. The molecule has 22 heavy (non-hydrogen) atoms. The molecule has 1 atom stereocenters. The Bertz CT molecular complexity index is 533. The maximum atomic E-state index is 12.2. The molecule has 1 aromatic rings. The average molecular weight is 305 g/mol. The molecule has 120 valence electrons. The minimum atomic E-state index is -0.481. The second-order valence-corrected chi connectivity index (χ2v) is 6.65. The maximum absolute atomic E-state index is 12.2. The predicted molar refractivity (Wildman–Crippen MR) is 87.9 cm³/mol. The molecule has 1 amide bonds. The fraction of sp³-hybridized carbons (Fsp3) is 0.600. The summed E-state index contributed by atoms with van der Waals surface area (Å²) in [5.41, 5.74) is 0.359. The van der Waals surface area contributed by atoms with Gasteiger partial charge in [-0.2, -0.15) is 0 Å². The summed E-state index contributed by atoms with van der Waals surface area (Å²) in [5.74, 6) is 0.835. The third kappa shape index (κ3) is 4.13. The highest BCUT2D eigenvalue weighted by molar-refractivity contribution is 6.45. The summed E-state index contributed by atoms with van der Waals surface area (Å²) in [6, 6.07) is 3.72. The highest BCUT2D eigenvalue weighted by atomic mass is 16.6. The van der Waals surface area contributed by atoms with Crippen molar-refractivity contribution in [1.82, 2.24) is 9.88 Å². The largest absolute Gasteiger partial charge is 0.449 e. The Morgan fingerprint density at radius 3 is 2.77 bits per heavy atom. The first-order chi connectivity index (χ1) is 10.3. The number of hydrogen-bond donors (Lipinski definition) is 1. The number of carbonyl (C=O) groups excluding carboxylic acids is 1. The Morgan fingerprint density at radius 2 is 2.18 bits per heavy atom. The van der Waals surface area contributed by atoms with E-state index in [4.69, 9.17) is 4.74 Å². The molecule has 0 unspecified atom stereocenters. The highest BCUT2D eigenvalue weighted by Crippen LogP contribution is 2.18. The molecule has 0 aromatic carbocycles. The fourth-order valence-electron chi connectivity index (χ4n) is 2.49. The Kier molecular flexibility index (Phi) is 4.96. The Balaban J connectivity index is 2.01. The zero-order chi connectivity index (χ0) is 16.3. The second-order valence-electron chi connectivity index (χ2n) is 6.65. The predicted octanol–water partition coefficient (Wildman–Crippen LogP) is 0.496. The van der Waals surface area contributed by atoms with Gasteiger partial charge in [0, 0.05) is 31.9 Å². The van der Waals surface area contributed by atoms with Gasteiger partial charge in [0.1, 0.15) is 11.4 Å². The van der Waals surface area contributed by atoms with Gasteiger partial charge in [-0.3, -0.25) is 0 Å². The molecule has 6 nitrogen and oxygen atoms in total. The minimum Gasteiger partial charge on any atom is -0.449 e. The van der Waals surface area contributed by atoms with Crippen molar-refractivity contribution in [2.45, 2.75) is 39.3 Å². The molecule has 2 rings (SSSR count). The lowest BCUT2D eigenvalue weighted by molar-refractivity contribution is 0.0158. The van der Waals surface area contributed by atoms with Crippen molar-refractivity contribution in [2.24, 2.45) is 0 Å². The average Bonchev–Trinajstić information content (AvgIpc) is 2.45. The van der Waals surface area contributed by atoms with E-state index in [1.807, 2.05) is 33.8 Å². The molecule has 0 saturated carbocycles. The monoisotopic (exact) mass is 305 g/mol. The Morgan fingerprint density at radius 1 is 1.45 bits per heavy atom. The van der Waals surface area contributed by atoms with Crippen molar-refractivity contribution in [3.05, 3.63) is 18.3 Å². The summed E-state index contributed by atoms with van der Waals surface area (Å²) in [4.78, 5) is 20.5. The summed E-state index contributed by atoms with van der Waals surface area (Å²) in [5, 5.41) is 9.22. The summed E-state index contributed by atoms with van der Waals surface area (Å²) in [7, 11) is 0.00292. The van der Waals surface area contributed by atoms with Gasteiger partial charge in [-0.15, -0.1) is 0 Å². The number of nitrogens with zero attached hydrogens (tertiary/aromatic N) is 3. The van der Waals surface area contributed by atoms with Crippen molar-refractivity contribution in [1.29, 1.82) is 0 Å². The number of ether oxygens (including phenoxy) is 1. The quantitative estimate of drug-likeness (QED) is 0.806. The molecule has 2 heterocycles. The normalized spacial score (nSPS) is 19.0. The summed E-state index contributed by atoms with van der Waals surface area (Å²) < 4.78 is 5.44. The number of rotatable bonds is 2. The van der Waals surface area contributed by atoms with Crippen LogP contribution in [-0.4, -0.2) is 59.8 Å². The number of hydrogen-bond acceptors (Lipinski definition) is 5. The molecular formula is C15H24BN3O3. The van der Waals surface area contributed by atoms with E-state index < -0.39 is 5.60 Å². The third-order valence-electron chi connectivity index (χ3n) is 3.57. The van der Waals surface area contributed by atoms with Gasteiger partial charge >= 0.3 is 13.6 Å². The van der Waals surface area contributed by atoms with Gasteiger partial charge in [-0.1, -0.05) is 0 Å². The molecule has 1 N–H and O–H groups in total. The molecule has 0 aliphatic carbocycles. The molecule has 0 bridgehead atoms. The second kappa shape index (κ2) is 6.56. The van der Waals surface area contributed by atoms with Gasteiger partial charge in [-0.25, -0.2) is 9.78 Å². The van der Waals surface area contributed by atoms with Crippen molar-refractivity contribution in [3.63, 3.8) is 0 Å². The lowest BCUT2D eigenvalue weighted by Crippen LogP contribution is -2.55. The van der Waals surface area contributed by atoms with Crippen LogP contribution in [0.4, 0.5) is 10.6 Å². The number of piperazine rings is 1. The van der Waals surface area contributed by atoms with Crippen LogP contribution in [0.1, 0.15) is 27.7 Å². The van der Waals surface area contributed by atoms with Crippen LogP contribution in [0, 0.1) is 0 Å². The van der Waals surface area contributed by atoms with Crippen LogP contribution in [0.15, 0.2) is 18.3 Å². The first-order valence-electron chi connectivity index (χ1n) is 7.60. The first-order valence-corrected chi connectivity index (χ1v) is 7.60. The minimum absolute atomic E-state index is 0.00292. The van der Waals surface area contributed by atoms with Gasteiger partial charge in [-0.05, 0) is 45.3 Å². The Hall–Kier alpha value is -1.76. The fourth-order valence-corrected chi connectivity index (χ4v) is 2.49. The topological polar surface area (TPSA) is 65.9 Å². The van der Waals surface area contributed by atoms with Crippen LogP contribution in [0.25, 0.3) is 0 Å². The molecule has 1 aliphatic rings. The zero-order valence-electron chi connectivity index (χ0n) is 13.7. The Labute approximate surface area is 132 Å². The first kappa shape index (κ1) is 16.6. The molecule has 0 radical (unpaired) electrons. The van der Waals surface area contributed by atoms with E-state index in [1.165, 1.54) is 0 Å². The van der Waals surface area contributed by atoms with Crippen LogP contribution in [0.2, 0.25) is 0 Å². The van der Waals surface area contributed by atoms with Gasteiger partial charge in [0.2, 0.25) is 0 Å². The van der Waals surface area contributed by atoms with Gasteiger partial charge in [0.25, 0.3) is 0 Å². The van der Waals surface area contributed by atoms with E-state index in [2.05, 4.69) is 9.88 Å². The third-order valence-corrected chi connectivity index (χ3v) is 3.57.